The zero-order chi connectivity index (χ0) is 22.0. The number of aromatic amines is 2. The lowest BCUT2D eigenvalue weighted by molar-refractivity contribution is 0.247. The highest BCUT2D eigenvalue weighted by atomic mass is 19.1. The number of pyridine rings is 2. The summed E-state index contributed by atoms with van der Waals surface area (Å²) in [6.45, 7) is 5.88. The van der Waals surface area contributed by atoms with E-state index in [9.17, 15) is 9.18 Å². The molecule has 4 heterocycles. The normalized spacial score (nSPS) is 17.5. The van der Waals surface area contributed by atoms with Gasteiger partial charge < -0.3 is 15.6 Å². The number of nitrogens with zero attached hydrogens (tertiary/aromatic N) is 4. The molecule has 0 atom stereocenters. The maximum Gasteiger partial charge on any atom is 0.272 e. The highest BCUT2D eigenvalue weighted by Gasteiger charge is 2.32. The molecule has 32 heavy (non-hydrogen) atoms. The Balaban J connectivity index is 1.52. The largest absolute Gasteiger partial charge is 0.394 e. The Labute approximate surface area is 183 Å². The molecule has 1 saturated carbocycles. The molecular formula is C23H24FN7O. The van der Waals surface area contributed by atoms with E-state index in [-0.39, 0.29) is 16.8 Å². The molecule has 0 unspecified atom stereocenters. The second-order valence-electron chi connectivity index (χ2n) is 8.78. The van der Waals surface area contributed by atoms with Gasteiger partial charge in [-0.15, -0.1) is 0 Å². The molecule has 1 aromatic carbocycles. The smallest absolute Gasteiger partial charge is 0.272 e. The second-order valence-corrected chi connectivity index (χ2v) is 8.78. The van der Waals surface area contributed by atoms with Crippen LogP contribution in [-0.4, -0.2) is 57.3 Å². The minimum absolute atomic E-state index is 0.0625. The summed E-state index contributed by atoms with van der Waals surface area (Å²) in [4.78, 5) is 25.4. The van der Waals surface area contributed by atoms with E-state index in [1.54, 1.807) is 12.3 Å². The average molecular weight is 433 g/mol. The Kier molecular flexibility index (Phi) is 4.23. The topological polar surface area (TPSA) is 107 Å². The SMILES string of the molecule is Cc1cc2[nH]c(=O)c(N)c(-c3ccc(F)c4[nH]ncc34)c2nc1N1CCN(C2CC2)CC1. The molecule has 9 heteroatoms. The Morgan fingerprint density at radius 3 is 2.72 bits per heavy atom. The Morgan fingerprint density at radius 2 is 1.97 bits per heavy atom. The number of nitrogens with one attached hydrogen (secondary N) is 2. The van der Waals surface area contributed by atoms with E-state index in [1.165, 1.54) is 18.9 Å². The zero-order valence-corrected chi connectivity index (χ0v) is 17.8. The average Bonchev–Trinajstić information content (AvgIpc) is 3.52. The van der Waals surface area contributed by atoms with E-state index < -0.39 is 5.82 Å². The Morgan fingerprint density at radius 1 is 1.19 bits per heavy atom. The van der Waals surface area contributed by atoms with Crippen molar-refractivity contribution in [1.82, 2.24) is 25.1 Å². The van der Waals surface area contributed by atoms with Crippen LogP contribution in [0.4, 0.5) is 15.9 Å². The Hall–Kier alpha value is -3.46. The minimum Gasteiger partial charge on any atom is -0.394 e. The van der Waals surface area contributed by atoms with Gasteiger partial charge in [-0.2, -0.15) is 5.10 Å². The van der Waals surface area contributed by atoms with Crippen molar-refractivity contribution in [3.8, 4) is 11.1 Å². The number of halogens is 1. The van der Waals surface area contributed by atoms with E-state index in [0.29, 0.717) is 27.5 Å². The number of aromatic nitrogens is 4. The van der Waals surface area contributed by atoms with E-state index in [1.807, 2.05) is 13.0 Å². The summed E-state index contributed by atoms with van der Waals surface area (Å²) in [5, 5.41) is 7.23. The summed E-state index contributed by atoms with van der Waals surface area (Å²) in [6.07, 6.45) is 4.17. The number of nitrogens with two attached hydrogens (primary N) is 1. The third-order valence-electron chi connectivity index (χ3n) is 6.70. The molecule has 0 amide bonds. The lowest BCUT2D eigenvalue weighted by Crippen LogP contribution is -2.47. The second kappa shape index (κ2) is 7.03. The molecule has 4 N–H and O–H groups in total. The first kappa shape index (κ1) is 19.2. The van der Waals surface area contributed by atoms with E-state index >= 15 is 0 Å². The van der Waals surface area contributed by atoms with Gasteiger partial charge in [0.2, 0.25) is 0 Å². The summed E-state index contributed by atoms with van der Waals surface area (Å²) < 4.78 is 14.3. The fourth-order valence-corrected chi connectivity index (χ4v) is 4.87. The van der Waals surface area contributed by atoms with Gasteiger partial charge >= 0.3 is 0 Å². The summed E-state index contributed by atoms with van der Waals surface area (Å²) in [6, 6.07) is 5.70. The summed E-state index contributed by atoms with van der Waals surface area (Å²) in [5.74, 6) is 0.484. The van der Waals surface area contributed by atoms with Crippen LogP contribution in [-0.2, 0) is 0 Å². The van der Waals surface area contributed by atoms with Gasteiger partial charge in [0.05, 0.1) is 17.2 Å². The predicted octanol–water partition coefficient (Wildman–Crippen LogP) is 2.78. The third kappa shape index (κ3) is 2.96. The summed E-state index contributed by atoms with van der Waals surface area (Å²) in [5.41, 5.74) is 9.57. The molecule has 3 aromatic heterocycles. The monoisotopic (exact) mass is 433 g/mol. The fraction of sp³-hybridized carbons (Fsp3) is 0.348. The lowest BCUT2D eigenvalue weighted by Gasteiger charge is -2.36. The Bertz CT molecular complexity index is 1410. The van der Waals surface area contributed by atoms with Crippen LogP contribution in [0, 0.1) is 12.7 Å². The van der Waals surface area contributed by atoms with Gasteiger partial charge in [-0.25, -0.2) is 9.37 Å². The molecule has 1 saturated heterocycles. The zero-order valence-electron chi connectivity index (χ0n) is 17.8. The van der Waals surface area contributed by atoms with E-state index in [2.05, 4.69) is 25.0 Å². The molecule has 1 aliphatic heterocycles. The van der Waals surface area contributed by atoms with Crippen LogP contribution in [0.5, 0.6) is 0 Å². The maximum atomic E-state index is 14.3. The molecule has 2 fully saturated rings. The van der Waals surface area contributed by atoms with Crippen LogP contribution in [0.15, 0.2) is 29.2 Å². The van der Waals surface area contributed by atoms with Gasteiger partial charge in [0.25, 0.3) is 5.56 Å². The standard InChI is InChI=1S/C23H24FN7O/c1-12-10-17-21(28-22(12)31-8-6-30(7-9-31)13-2-3-13)18(19(25)23(32)27-17)14-4-5-16(24)20-15(14)11-26-29-20/h4-5,10-11,13H,2-3,6-9,25H2,1H3,(H,26,29)(H,27,32). The number of benzene rings is 1. The van der Waals surface area contributed by atoms with E-state index in [4.69, 9.17) is 10.7 Å². The maximum absolute atomic E-state index is 14.3. The quantitative estimate of drug-likeness (QED) is 0.459. The van der Waals surface area contributed by atoms with E-state index in [0.717, 1.165) is 43.6 Å². The van der Waals surface area contributed by atoms with Crippen LogP contribution >= 0.6 is 0 Å². The number of anilines is 2. The summed E-state index contributed by atoms with van der Waals surface area (Å²) >= 11 is 0. The molecule has 0 radical (unpaired) electrons. The first-order valence-electron chi connectivity index (χ1n) is 11.0. The van der Waals surface area contributed by atoms with Gasteiger partial charge in [0, 0.05) is 43.2 Å². The number of nitrogen functional groups attached to an aromatic ring is 1. The first-order valence-corrected chi connectivity index (χ1v) is 11.0. The van der Waals surface area contributed by atoms with Crippen molar-refractivity contribution < 1.29 is 4.39 Å². The van der Waals surface area contributed by atoms with Crippen LogP contribution in [0.25, 0.3) is 33.1 Å². The predicted molar refractivity (Wildman–Crippen MR) is 123 cm³/mol. The van der Waals surface area contributed by atoms with Crippen molar-refractivity contribution in [3.05, 3.63) is 46.1 Å². The van der Waals surface area contributed by atoms with Crippen LogP contribution < -0.4 is 16.2 Å². The first-order chi connectivity index (χ1) is 15.5. The molecule has 164 valence electrons. The minimum atomic E-state index is -0.410. The van der Waals surface area contributed by atoms with Crippen molar-refractivity contribution in [2.24, 2.45) is 0 Å². The van der Waals surface area contributed by atoms with Crippen molar-refractivity contribution in [1.29, 1.82) is 0 Å². The number of hydrogen-bond donors (Lipinski definition) is 3. The van der Waals surface area contributed by atoms with Crippen LogP contribution in [0.3, 0.4) is 0 Å². The van der Waals surface area contributed by atoms with Crippen molar-refractivity contribution in [2.45, 2.75) is 25.8 Å². The van der Waals surface area contributed by atoms with Gasteiger partial charge in [-0.1, -0.05) is 6.07 Å². The third-order valence-corrected chi connectivity index (χ3v) is 6.70. The number of fused-ring (bicyclic) bond motifs is 2. The molecular weight excluding hydrogens is 409 g/mol. The molecule has 4 aromatic rings. The van der Waals surface area contributed by atoms with Crippen molar-refractivity contribution in [2.75, 3.05) is 36.8 Å². The number of H-pyrrole nitrogens is 2. The van der Waals surface area contributed by atoms with Crippen LogP contribution in [0.2, 0.25) is 0 Å². The fourth-order valence-electron chi connectivity index (χ4n) is 4.87. The molecule has 0 bridgehead atoms. The molecule has 0 spiro atoms. The molecule has 1 aliphatic carbocycles. The number of hydrogen-bond acceptors (Lipinski definition) is 6. The van der Waals surface area contributed by atoms with Gasteiger partial charge in [-0.05, 0) is 43.0 Å². The van der Waals surface area contributed by atoms with Gasteiger partial charge in [-0.3, -0.25) is 14.8 Å². The van der Waals surface area contributed by atoms with Crippen LogP contribution in [0.1, 0.15) is 18.4 Å². The van der Waals surface area contributed by atoms with Crippen molar-refractivity contribution >= 4 is 33.4 Å². The lowest BCUT2D eigenvalue weighted by atomic mass is 9.98. The molecule has 2 aliphatic rings. The number of aryl methyl sites for hydroxylation is 1. The van der Waals surface area contributed by atoms with Gasteiger partial charge in [0.15, 0.2) is 0 Å². The number of piperazine rings is 1. The molecule has 8 nitrogen and oxygen atoms in total. The highest BCUT2D eigenvalue weighted by Crippen LogP contribution is 2.37. The van der Waals surface area contributed by atoms with Crippen molar-refractivity contribution in [3.63, 3.8) is 0 Å². The molecule has 6 rings (SSSR count). The van der Waals surface area contributed by atoms with Gasteiger partial charge in [0.1, 0.15) is 22.8 Å². The highest BCUT2D eigenvalue weighted by molar-refractivity contribution is 6.06. The number of rotatable bonds is 3. The summed E-state index contributed by atoms with van der Waals surface area (Å²) in [7, 11) is 0.